The van der Waals surface area contributed by atoms with Gasteiger partial charge in [0.1, 0.15) is 5.82 Å². The Morgan fingerprint density at radius 2 is 2.06 bits per heavy atom. The van der Waals surface area contributed by atoms with Crippen LogP contribution in [0.5, 0.6) is 11.5 Å². The summed E-state index contributed by atoms with van der Waals surface area (Å²) in [6, 6.07) is 8.32. The number of carbonyl (C=O) groups is 2. The summed E-state index contributed by atoms with van der Waals surface area (Å²) >= 11 is 0. The number of amides is 2. The molecular formula is C22H19N5O4. The van der Waals surface area contributed by atoms with E-state index in [9.17, 15) is 9.59 Å². The average molecular weight is 417 g/mol. The van der Waals surface area contributed by atoms with Gasteiger partial charge in [0.25, 0.3) is 5.91 Å². The Balaban J connectivity index is 1.40. The molecule has 1 saturated heterocycles. The molecule has 2 aliphatic heterocycles. The van der Waals surface area contributed by atoms with Gasteiger partial charge in [-0.2, -0.15) is 9.61 Å². The van der Waals surface area contributed by atoms with E-state index in [1.807, 2.05) is 24.3 Å². The lowest BCUT2D eigenvalue weighted by molar-refractivity contribution is -0.124. The van der Waals surface area contributed by atoms with Crippen LogP contribution < -0.4 is 20.1 Å². The molecule has 0 atom stereocenters. The van der Waals surface area contributed by atoms with Gasteiger partial charge in [-0.25, -0.2) is 4.98 Å². The molecule has 0 bridgehead atoms. The highest BCUT2D eigenvalue weighted by molar-refractivity contribution is 6.15. The van der Waals surface area contributed by atoms with Crippen molar-refractivity contribution >= 4 is 29.4 Å². The van der Waals surface area contributed by atoms with E-state index < -0.39 is 0 Å². The molecule has 9 heteroatoms. The Kier molecular flexibility index (Phi) is 3.95. The Hall–Kier alpha value is -3.88. The Morgan fingerprint density at radius 1 is 1.19 bits per heavy atom. The van der Waals surface area contributed by atoms with Gasteiger partial charge in [-0.15, -0.1) is 0 Å². The highest BCUT2D eigenvalue weighted by Crippen LogP contribution is 2.33. The molecule has 2 N–H and O–H groups in total. The van der Waals surface area contributed by atoms with Gasteiger partial charge in [0.2, 0.25) is 12.7 Å². The summed E-state index contributed by atoms with van der Waals surface area (Å²) in [6.07, 6.45) is 6.30. The lowest BCUT2D eigenvalue weighted by Crippen LogP contribution is -2.19. The largest absolute Gasteiger partial charge is 0.454 e. The van der Waals surface area contributed by atoms with Crippen molar-refractivity contribution < 1.29 is 19.1 Å². The molecular weight excluding hydrogens is 398 g/mol. The number of aromatic nitrogens is 3. The quantitative estimate of drug-likeness (QED) is 0.483. The van der Waals surface area contributed by atoms with Crippen LogP contribution in [0.2, 0.25) is 0 Å². The summed E-state index contributed by atoms with van der Waals surface area (Å²) in [4.78, 5) is 28.4. The summed E-state index contributed by atoms with van der Waals surface area (Å²) in [6.45, 7) is 0.238. The van der Waals surface area contributed by atoms with Gasteiger partial charge in [-0.3, -0.25) is 14.9 Å². The van der Waals surface area contributed by atoms with Gasteiger partial charge in [-0.1, -0.05) is 6.07 Å². The molecule has 31 heavy (non-hydrogen) atoms. The zero-order valence-corrected chi connectivity index (χ0v) is 16.6. The maximum atomic E-state index is 12.0. The number of anilines is 1. The SMILES string of the molecule is O=C1C/C(=C\c2cnn3c(NC4CC4)cc(Cc4ccc5c(c4)OCO5)nc23)C(=O)N1. The fraction of sp³-hybridized carbons (Fsp3) is 0.273. The Labute approximate surface area is 177 Å². The van der Waals surface area contributed by atoms with Crippen LogP contribution in [0, 0.1) is 0 Å². The third-order valence-corrected chi connectivity index (χ3v) is 5.53. The first-order valence-electron chi connectivity index (χ1n) is 10.2. The van der Waals surface area contributed by atoms with Gasteiger partial charge in [0, 0.05) is 29.7 Å². The number of ether oxygens (including phenoxy) is 2. The molecule has 2 aromatic heterocycles. The molecule has 1 aliphatic carbocycles. The van der Waals surface area contributed by atoms with E-state index in [4.69, 9.17) is 14.5 Å². The summed E-state index contributed by atoms with van der Waals surface area (Å²) < 4.78 is 12.6. The molecule has 2 amide bonds. The molecule has 3 aromatic rings. The highest BCUT2D eigenvalue weighted by atomic mass is 16.7. The molecule has 2 fully saturated rings. The molecule has 6 rings (SSSR count). The highest BCUT2D eigenvalue weighted by Gasteiger charge is 2.26. The first kappa shape index (κ1) is 17.9. The van der Waals surface area contributed by atoms with E-state index in [2.05, 4.69) is 15.7 Å². The van der Waals surface area contributed by atoms with Crippen molar-refractivity contribution in [2.75, 3.05) is 12.1 Å². The fourth-order valence-corrected chi connectivity index (χ4v) is 3.83. The van der Waals surface area contributed by atoms with Crippen molar-refractivity contribution in [1.29, 1.82) is 0 Å². The van der Waals surface area contributed by atoms with Crippen molar-refractivity contribution in [2.45, 2.75) is 31.7 Å². The molecule has 3 aliphatic rings. The zero-order chi connectivity index (χ0) is 20.9. The number of rotatable bonds is 5. The average Bonchev–Trinajstić information content (AvgIpc) is 3.14. The maximum absolute atomic E-state index is 12.0. The first-order valence-corrected chi connectivity index (χ1v) is 10.2. The van der Waals surface area contributed by atoms with E-state index in [-0.39, 0.29) is 25.0 Å². The number of nitrogens with zero attached hydrogens (tertiary/aromatic N) is 3. The van der Waals surface area contributed by atoms with Crippen LogP contribution in [-0.4, -0.2) is 39.2 Å². The molecule has 4 heterocycles. The second kappa shape index (κ2) is 6.83. The fourth-order valence-electron chi connectivity index (χ4n) is 3.83. The summed E-state index contributed by atoms with van der Waals surface area (Å²) in [5.74, 6) is 1.69. The number of carbonyl (C=O) groups excluding carboxylic acids is 2. The minimum Gasteiger partial charge on any atom is -0.454 e. The molecule has 1 saturated carbocycles. The Morgan fingerprint density at radius 3 is 2.87 bits per heavy atom. The topological polar surface area (TPSA) is 107 Å². The molecule has 1 aromatic carbocycles. The smallest absolute Gasteiger partial charge is 0.254 e. The van der Waals surface area contributed by atoms with Crippen LogP contribution in [0.1, 0.15) is 36.1 Å². The van der Waals surface area contributed by atoms with Crippen LogP contribution in [0.3, 0.4) is 0 Å². The van der Waals surface area contributed by atoms with E-state index in [1.54, 1.807) is 16.8 Å². The number of fused-ring (bicyclic) bond motifs is 2. The lowest BCUT2D eigenvalue weighted by Gasteiger charge is -2.10. The Bertz CT molecular complexity index is 1270. The maximum Gasteiger partial charge on any atom is 0.254 e. The van der Waals surface area contributed by atoms with Crippen molar-refractivity contribution in [2.24, 2.45) is 0 Å². The zero-order valence-electron chi connectivity index (χ0n) is 16.6. The first-order chi connectivity index (χ1) is 15.1. The summed E-state index contributed by atoms with van der Waals surface area (Å²) in [7, 11) is 0. The van der Waals surface area contributed by atoms with E-state index in [1.165, 1.54) is 0 Å². The molecule has 0 spiro atoms. The second-order valence-corrected chi connectivity index (χ2v) is 7.97. The van der Waals surface area contributed by atoms with Crippen LogP contribution in [0.4, 0.5) is 5.82 Å². The van der Waals surface area contributed by atoms with Crippen LogP contribution >= 0.6 is 0 Å². The second-order valence-electron chi connectivity index (χ2n) is 7.97. The number of nitrogens with one attached hydrogen (secondary N) is 2. The summed E-state index contributed by atoms with van der Waals surface area (Å²) in [5, 5.41) is 10.3. The van der Waals surface area contributed by atoms with Crippen molar-refractivity contribution in [3.05, 3.63) is 52.9 Å². The predicted molar refractivity (Wildman–Crippen MR) is 111 cm³/mol. The van der Waals surface area contributed by atoms with Gasteiger partial charge in [0.05, 0.1) is 18.3 Å². The van der Waals surface area contributed by atoms with Crippen molar-refractivity contribution in [3.63, 3.8) is 0 Å². The predicted octanol–water partition coefficient (Wildman–Crippen LogP) is 2.05. The third-order valence-electron chi connectivity index (χ3n) is 5.53. The molecule has 9 nitrogen and oxygen atoms in total. The van der Waals surface area contributed by atoms with E-state index in [0.29, 0.717) is 29.2 Å². The third kappa shape index (κ3) is 3.37. The minimum absolute atomic E-state index is 0.0697. The monoisotopic (exact) mass is 417 g/mol. The summed E-state index contributed by atoms with van der Waals surface area (Å²) in [5.41, 5.74) is 3.67. The number of imide groups is 1. The lowest BCUT2D eigenvalue weighted by atomic mass is 10.1. The van der Waals surface area contributed by atoms with Crippen LogP contribution in [0.25, 0.3) is 11.7 Å². The standard InChI is InChI=1S/C22H19N5O4/c28-20-8-13(22(29)26-20)7-14-10-23-27-19(24-15-2-3-15)9-16(25-21(14)27)5-12-1-4-17-18(6-12)31-11-30-17/h1,4,6-7,9-10,15,24H,2-3,5,8,11H2,(H,26,28,29)/b13-7+. The van der Waals surface area contributed by atoms with Gasteiger partial charge < -0.3 is 14.8 Å². The van der Waals surface area contributed by atoms with E-state index in [0.717, 1.165) is 41.4 Å². The molecule has 0 radical (unpaired) electrons. The number of hydrogen-bond acceptors (Lipinski definition) is 7. The minimum atomic E-state index is -0.364. The molecule has 156 valence electrons. The van der Waals surface area contributed by atoms with Gasteiger partial charge in [0.15, 0.2) is 17.1 Å². The van der Waals surface area contributed by atoms with Gasteiger partial charge in [-0.05, 0) is 36.6 Å². The number of benzene rings is 1. The van der Waals surface area contributed by atoms with Crippen molar-refractivity contribution in [3.8, 4) is 11.5 Å². The van der Waals surface area contributed by atoms with Crippen molar-refractivity contribution in [1.82, 2.24) is 19.9 Å². The van der Waals surface area contributed by atoms with Gasteiger partial charge >= 0.3 is 0 Å². The number of hydrogen-bond donors (Lipinski definition) is 2. The van der Waals surface area contributed by atoms with Crippen LogP contribution in [-0.2, 0) is 16.0 Å². The normalized spacial score (nSPS) is 18.8. The van der Waals surface area contributed by atoms with Crippen LogP contribution in [0.15, 0.2) is 36.0 Å². The molecule has 0 unspecified atom stereocenters. The van der Waals surface area contributed by atoms with E-state index >= 15 is 0 Å².